The molecule has 0 heterocycles. The third-order valence-corrected chi connectivity index (χ3v) is 3.25. The van der Waals surface area contributed by atoms with Crippen LogP contribution in [-0.2, 0) is 11.2 Å². The van der Waals surface area contributed by atoms with Crippen LogP contribution in [0, 0.1) is 5.92 Å². The number of rotatable bonds is 9. The number of carbonyl (C=O) groups is 1. The van der Waals surface area contributed by atoms with E-state index in [1.165, 1.54) is 5.56 Å². The van der Waals surface area contributed by atoms with E-state index in [2.05, 4.69) is 36.6 Å². The van der Waals surface area contributed by atoms with Gasteiger partial charge in [0.05, 0.1) is 6.10 Å². The average molecular weight is 292 g/mol. The fourth-order valence-electron chi connectivity index (χ4n) is 2.19. The summed E-state index contributed by atoms with van der Waals surface area (Å²) >= 11 is 0. The van der Waals surface area contributed by atoms with Gasteiger partial charge in [0.25, 0.3) is 0 Å². The number of hydrogen-bond acceptors (Lipinski definition) is 3. The zero-order valence-electron chi connectivity index (χ0n) is 13.4. The molecule has 0 bridgehead atoms. The topological polar surface area (TPSA) is 61.4 Å². The Morgan fingerprint density at radius 2 is 1.90 bits per heavy atom. The highest BCUT2D eigenvalue weighted by Crippen LogP contribution is 2.15. The normalized spacial score (nSPS) is 12.4. The summed E-state index contributed by atoms with van der Waals surface area (Å²) < 4.78 is 0. The molecule has 0 radical (unpaired) electrons. The molecular formula is C17H28N2O2. The number of hydrogen-bond donors (Lipinski definition) is 3. The summed E-state index contributed by atoms with van der Waals surface area (Å²) in [6, 6.07) is 8.11. The van der Waals surface area contributed by atoms with Gasteiger partial charge >= 0.3 is 0 Å². The van der Waals surface area contributed by atoms with Crippen molar-refractivity contribution in [3.63, 3.8) is 0 Å². The Kier molecular flexibility index (Phi) is 8.01. The van der Waals surface area contributed by atoms with Gasteiger partial charge in [-0.25, -0.2) is 0 Å². The molecule has 1 rings (SSSR count). The molecule has 4 nitrogen and oxygen atoms in total. The van der Waals surface area contributed by atoms with Crippen molar-refractivity contribution in [2.24, 2.45) is 5.92 Å². The summed E-state index contributed by atoms with van der Waals surface area (Å²) in [4.78, 5) is 11.3. The van der Waals surface area contributed by atoms with E-state index in [1.54, 1.807) is 0 Å². The summed E-state index contributed by atoms with van der Waals surface area (Å²) in [6.45, 7) is 7.99. The van der Waals surface area contributed by atoms with Crippen LogP contribution in [0.1, 0.15) is 44.4 Å². The second-order valence-corrected chi connectivity index (χ2v) is 5.76. The van der Waals surface area contributed by atoms with E-state index in [-0.39, 0.29) is 5.91 Å². The highest BCUT2D eigenvalue weighted by Gasteiger charge is 2.08. The van der Waals surface area contributed by atoms with Crippen LogP contribution in [-0.4, -0.2) is 30.6 Å². The number of nitrogens with one attached hydrogen (secondary N) is 2. The zero-order valence-corrected chi connectivity index (χ0v) is 13.4. The Bertz CT molecular complexity index is 415. The van der Waals surface area contributed by atoms with E-state index in [1.807, 2.05) is 19.1 Å². The number of aliphatic hydroxyl groups is 1. The molecule has 0 aromatic heterocycles. The Labute approximate surface area is 128 Å². The maximum absolute atomic E-state index is 11.3. The maximum atomic E-state index is 11.3. The van der Waals surface area contributed by atoms with E-state index >= 15 is 0 Å². The van der Waals surface area contributed by atoms with Gasteiger partial charge in [0.2, 0.25) is 5.91 Å². The smallest absolute Gasteiger partial charge is 0.221 e. The van der Waals surface area contributed by atoms with Gasteiger partial charge in [0.15, 0.2) is 0 Å². The van der Waals surface area contributed by atoms with E-state index in [4.69, 9.17) is 0 Å². The molecule has 1 aromatic rings. The molecule has 0 fully saturated rings. The highest BCUT2D eigenvalue weighted by atomic mass is 16.3. The fraction of sp³-hybridized carbons (Fsp3) is 0.588. The molecule has 3 N–H and O–H groups in total. The molecule has 1 aromatic carbocycles. The molecule has 21 heavy (non-hydrogen) atoms. The molecule has 0 aliphatic rings. The molecule has 0 aliphatic carbocycles. The van der Waals surface area contributed by atoms with Crippen molar-refractivity contribution >= 4 is 5.91 Å². The van der Waals surface area contributed by atoms with Gasteiger partial charge in [-0.05, 0) is 30.4 Å². The van der Waals surface area contributed by atoms with Gasteiger partial charge in [-0.2, -0.15) is 0 Å². The predicted molar refractivity (Wildman–Crippen MR) is 86.1 cm³/mol. The quantitative estimate of drug-likeness (QED) is 0.610. The van der Waals surface area contributed by atoms with Crippen LogP contribution in [0.5, 0.6) is 0 Å². The van der Waals surface area contributed by atoms with Crippen LogP contribution in [0.3, 0.4) is 0 Å². The van der Waals surface area contributed by atoms with Crippen LogP contribution < -0.4 is 10.6 Å². The predicted octanol–water partition coefficient (Wildman–Crippen LogP) is 2.03. The van der Waals surface area contributed by atoms with E-state index in [0.29, 0.717) is 32.0 Å². The Hall–Kier alpha value is -1.39. The van der Waals surface area contributed by atoms with Gasteiger partial charge in [0.1, 0.15) is 0 Å². The van der Waals surface area contributed by atoms with Crippen LogP contribution in [0.2, 0.25) is 0 Å². The van der Waals surface area contributed by atoms with Crippen molar-refractivity contribution in [1.29, 1.82) is 0 Å². The average Bonchev–Trinajstić information content (AvgIpc) is 2.44. The van der Waals surface area contributed by atoms with Crippen LogP contribution in [0.4, 0.5) is 0 Å². The number of amides is 1. The monoisotopic (exact) mass is 292 g/mol. The molecule has 0 spiro atoms. The molecule has 0 saturated carbocycles. The third-order valence-electron chi connectivity index (χ3n) is 3.25. The van der Waals surface area contributed by atoms with Crippen LogP contribution in [0.15, 0.2) is 24.3 Å². The molecule has 0 aliphatic heterocycles. The van der Waals surface area contributed by atoms with Gasteiger partial charge in [-0.15, -0.1) is 0 Å². The summed E-state index contributed by atoms with van der Waals surface area (Å²) in [5.41, 5.74) is 2.21. The largest absolute Gasteiger partial charge is 0.387 e. The van der Waals surface area contributed by atoms with Gasteiger partial charge in [-0.3, -0.25) is 4.79 Å². The standard InChI is InChI=1S/C17H28N2O2/c1-4-19-17(21)9-10-18-12-16(20)15-7-5-14(6-8-15)11-13(2)3/h5-8,13,16,18,20H,4,9-12H2,1-3H3,(H,19,21). The van der Waals surface area contributed by atoms with Gasteiger partial charge in [0, 0.05) is 26.1 Å². The molecule has 118 valence electrons. The lowest BCUT2D eigenvalue weighted by Gasteiger charge is -2.13. The first-order valence-corrected chi connectivity index (χ1v) is 7.77. The summed E-state index contributed by atoms with van der Waals surface area (Å²) in [6.07, 6.45) is 0.960. The Morgan fingerprint density at radius 3 is 2.48 bits per heavy atom. The van der Waals surface area contributed by atoms with E-state index in [0.717, 1.165) is 12.0 Å². The minimum atomic E-state index is -0.535. The van der Waals surface area contributed by atoms with Crippen molar-refractivity contribution < 1.29 is 9.90 Å². The number of benzene rings is 1. The SMILES string of the molecule is CCNC(=O)CCNCC(O)c1ccc(CC(C)C)cc1. The Balaban J connectivity index is 2.31. The summed E-state index contributed by atoms with van der Waals surface area (Å²) in [5.74, 6) is 0.675. The number of aliphatic hydroxyl groups excluding tert-OH is 1. The first-order chi connectivity index (χ1) is 10.0. The second-order valence-electron chi connectivity index (χ2n) is 5.76. The molecule has 4 heteroatoms. The van der Waals surface area contributed by atoms with Gasteiger partial charge in [-0.1, -0.05) is 38.1 Å². The van der Waals surface area contributed by atoms with Crippen LogP contribution in [0.25, 0.3) is 0 Å². The minimum absolute atomic E-state index is 0.0394. The molecule has 1 atom stereocenters. The lowest BCUT2D eigenvalue weighted by atomic mass is 10.0. The second kappa shape index (κ2) is 9.53. The maximum Gasteiger partial charge on any atom is 0.221 e. The van der Waals surface area contributed by atoms with Crippen molar-refractivity contribution in [2.45, 2.75) is 39.7 Å². The highest BCUT2D eigenvalue weighted by molar-refractivity contribution is 5.75. The van der Waals surface area contributed by atoms with Gasteiger partial charge < -0.3 is 15.7 Å². The lowest BCUT2D eigenvalue weighted by Crippen LogP contribution is -2.29. The summed E-state index contributed by atoms with van der Waals surface area (Å²) in [5, 5.41) is 16.0. The molecule has 1 unspecified atom stereocenters. The van der Waals surface area contributed by atoms with Crippen molar-refractivity contribution in [1.82, 2.24) is 10.6 Å². The van der Waals surface area contributed by atoms with E-state index in [9.17, 15) is 9.90 Å². The fourth-order valence-corrected chi connectivity index (χ4v) is 2.19. The third kappa shape index (κ3) is 7.25. The molecule has 0 saturated heterocycles. The summed E-state index contributed by atoms with van der Waals surface area (Å²) in [7, 11) is 0. The Morgan fingerprint density at radius 1 is 1.24 bits per heavy atom. The lowest BCUT2D eigenvalue weighted by molar-refractivity contribution is -0.120. The minimum Gasteiger partial charge on any atom is -0.387 e. The van der Waals surface area contributed by atoms with Crippen molar-refractivity contribution in [2.75, 3.05) is 19.6 Å². The van der Waals surface area contributed by atoms with E-state index < -0.39 is 6.10 Å². The number of carbonyl (C=O) groups excluding carboxylic acids is 1. The molecular weight excluding hydrogens is 264 g/mol. The van der Waals surface area contributed by atoms with Crippen molar-refractivity contribution in [3.05, 3.63) is 35.4 Å². The van der Waals surface area contributed by atoms with Crippen molar-refractivity contribution in [3.8, 4) is 0 Å². The zero-order chi connectivity index (χ0) is 15.7. The molecule has 1 amide bonds. The first kappa shape index (κ1) is 17.7. The van der Waals surface area contributed by atoms with Crippen LogP contribution >= 0.6 is 0 Å². The first-order valence-electron chi connectivity index (χ1n) is 7.77.